The van der Waals surface area contributed by atoms with Crippen molar-refractivity contribution in [1.82, 2.24) is 20.4 Å². The van der Waals surface area contributed by atoms with Gasteiger partial charge in [0.2, 0.25) is 0 Å². The van der Waals surface area contributed by atoms with E-state index >= 15 is 0 Å². The molecule has 0 bridgehead atoms. The highest BCUT2D eigenvalue weighted by Crippen LogP contribution is 2.26. The topological polar surface area (TPSA) is 110 Å². The molecule has 0 spiro atoms. The average Bonchev–Trinajstić information content (AvgIpc) is 3.34. The highest BCUT2D eigenvalue weighted by Gasteiger charge is 2.24. The van der Waals surface area contributed by atoms with Crippen molar-refractivity contribution in [3.8, 4) is 0 Å². The number of hydrogen-bond acceptors (Lipinski definition) is 6. The van der Waals surface area contributed by atoms with Gasteiger partial charge in [0.15, 0.2) is 5.82 Å². The van der Waals surface area contributed by atoms with Crippen LogP contribution in [0.2, 0.25) is 0 Å². The molecule has 1 saturated heterocycles. The van der Waals surface area contributed by atoms with E-state index in [-0.39, 0.29) is 23.1 Å². The number of nitrogens with zero attached hydrogens (tertiary/aromatic N) is 2. The fourth-order valence-electron chi connectivity index (χ4n) is 3.34. The first-order valence-electron chi connectivity index (χ1n) is 8.68. The Labute approximate surface area is 144 Å². The molecule has 1 unspecified atom stereocenters. The van der Waals surface area contributed by atoms with Crippen LogP contribution in [-0.2, 0) is 24.0 Å². The van der Waals surface area contributed by atoms with Gasteiger partial charge in [-0.3, -0.25) is 9.59 Å². The summed E-state index contributed by atoms with van der Waals surface area (Å²) in [4.78, 5) is 31.4. The first-order valence-corrected chi connectivity index (χ1v) is 8.68. The molecule has 2 aromatic rings. The van der Waals surface area contributed by atoms with Crippen molar-refractivity contribution in [3.05, 3.63) is 45.0 Å². The zero-order valence-corrected chi connectivity index (χ0v) is 13.8. The van der Waals surface area contributed by atoms with Gasteiger partial charge >= 0.3 is 0 Å². The van der Waals surface area contributed by atoms with Gasteiger partial charge in [0.05, 0.1) is 0 Å². The summed E-state index contributed by atoms with van der Waals surface area (Å²) in [6.45, 7) is 1.05. The number of aromatic amines is 1. The first-order chi connectivity index (χ1) is 12.2. The monoisotopic (exact) mass is 344 g/mol. The van der Waals surface area contributed by atoms with Gasteiger partial charge in [-0.2, -0.15) is 4.98 Å². The van der Waals surface area contributed by atoms with Crippen LogP contribution in [0.5, 0.6) is 0 Å². The number of pyridine rings is 1. The third-order valence-corrected chi connectivity index (χ3v) is 4.66. The summed E-state index contributed by atoms with van der Waals surface area (Å²) in [6.07, 6.45) is 5.00. The maximum Gasteiger partial charge on any atom is 0.261 e. The number of H-pyrrole nitrogens is 1. The summed E-state index contributed by atoms with van der Waals surface area (Å²) in [7, 11) is 0. The molecule has 2 N–H and O–H groups in total. The largest absolute Gasteiger partial charge is 0.368 e. The number of aryl methyl sites for hydroxylation is 2. The van der Waals surface area contributed by atoms with Gasteiger partial charge in [-0.05, 0) is 43.7 Å². The molecule has 1 fully saturated rings. The second-order valence-electron chi connectivity index (χ2n) is 6.43. The minimum absolute atomic E-state index is 0.110. The Morgan fingerprint density at radius 2 is 2.28 bits per heavy atom. The number of fused-ring (bicyclic) bond motifs is 1. The summed E-state index contributed by atoms with van der Waals surface area (Å²) in [5.74, 6) is 0.640. The number of rotatable bonds is 5. The van der Waals surface area contributed by atoms with Crippen LogP contribution in [0.25, 0.3) is 0 Å². The summed E-state index contributed by atoms with van der Waals surface area (Å²) >= 11 is 0. The van der Waals surface area contributed by atoms with Crippen LogP contribution in [0, 0.1) is 0 Å². The molecule has 0 radical (unpaired) electrons. The average molecular weight is 344 g/mol. The summed E-state index contributed by atoms with van der Waals surface area (Å²) in [5.41, 5.74) is 1.84. The molecule has 3 heterocycles. The fourth-order valence-corrected chi connectivity index (χ4v) is 3.34. The van der Waals surface area contributed by atoms with Crippen molar-refractivity contribution in [2.45, 2.75) is 44.6 Å². The van der Waals surface area contributed by atoms with Crippen molar-refractivity contribution in [2.24, 2.45) is 0 Å². The third-order valence-electron chi connectivity index (χ3n) is 4.66. The second kappa shape index (κ2) is 6.79. The number of hydrogen-bond donors (Lipinski definition) is 2. The SMILES string of the molecule is O=C(NCCc1noc(C2CCCO2)n1)c1cc2c([nH]c1=O)CCC2. The Balaban J connectivity index is 1.34. The highest BCUT2D eigenvalue weighted by atomic mass is 16.5. The zero-order chi connectivity index (χ0) is 17.2. The van der Waals surface area contributed by atoms with Gasteiger partial charge < -0.3 is 19.6 Å². The molecule has 1 aliphatic carbocycles. The minimum atomic E-state index is -0.376. The van der Waals surface area contributed by atoms with Crippen LogP contribution < -0.4 is 10.9 Å². The van der Waals surface area contributed by atoms with Crippen molar-refractivity contribution < 1.29 is 14.1 Å². The Kier molecular flexibility index (Phi) is 4.35. The normalized spacial score (nSPS) is 19.1. The Bertz CT molecular complexity index is 835. The van der Waals surface area contributed by atoms with Gasteiger partial charge in [0.25, 0.3) is 17.4 Å². The molecular formula is C17H20N4O4. The molecule has 132 valence electrons. The van der Waals surface area contributed by atoms with Crippen LogP contribution >= 0.6 is 0 Å². The molecule has 8 nitrogen and oxygen atoms in total. The predicted octanol–water partition coefficient (Wildman–Crippen LogP) is 1.07. The molecular weight excluding hydrogens is 324 g/mol. The lowest BCUT2D eigenvalue weighted by atomic mass is 10.1. The van der Waals surface area contributed by atoms with Crippen LogP contribution in [0.4, 0.5) is 0 Å². The smallest absolute Gasteiger partial charge is 0.261 e. The highest BCUT2D eigenvalue weighted by molar-refractivity contribution is 5.94. The molecule has 0 aromatic carbocycles. The van der Waals surface area contributed by atoms with Crippen LogP contribution in [0.3, 0.4) is 0 Å². The van der Waals surface area contributed by atoms with Crippen molar-refractivity contribution in [1.29, 1.82) is 0 Å². The van der Waals surface area contributed by atoms with Gasteiger partial charge in [-0.15, -0.1) is 0 Å². The van der Waals surface area contributed by atoms with E-state index in [0.29, 0.717) is 31.3 Å². The van der Waals surface area contributed by atoms with Gasteiger partial charge in [-0.1, -0.05) is 5.16 Å². The molecule has 25 heavy (non-hydrogen) atoms. The predicted molar refractivity (Wildman–Crippen MR) is 87.3 cm³/mol. The van der Waals surface area contributed by atoms with Crippen LogP contribution in [-0.4, -0.2) is 34.2 Å². The lowest BCUT2D eigenvalue weighted by molar-refractivity contribution is 0.0835. The van der Waals surface area contributed by atoms with E-state index in [0.717, 1.165) is 43.4 Å². The molecule has 2 aromatic heterocycles. The van der Waals surface area contributed by atoms with Crippen molar-refractivity contribution >= 4 is 5.91 Å². The molecule has 1 amide bonds. The van der Waals surface area contributed by atoms with E-state index in [1.54, 1.807) is 6.07 Å². The van der Waals surface area contributed by atoms with Gasteiger partial charge in [0.1, 0.15) is 11.7 Å². The molecule has 4 rings (SSSR count). The molecule has 0 saturated carbocycles. The van der Waals surface area contributed by atoms with Gasteiger partial charge in [0, 0.05) is 25.3 Å². The Hall–Kier alpha value is -2.48. The Morgan fingerprint density at radius 3 is 3.12 bits per heavy atom. The number of aromatic nitrogens is 3. The number of carbonyl (C=O) groups is 1. The van der Waals surface area contributed by atoms with E-state index in [2.05, 4.69) is 20.4 Å². The molecule has 2 aliphatic rings. The molecule has 1 aliphatic heterocycles. The summed E-state index contributed by atoms with van der Waals surface area (Å²) < 4.78 is 10.7. The minimum Gasteiger partial charge on any atom is -0.368 e. The van der Waals surface area contributed by atoms with E-state index in [4.69, 9.17) is 9.26 Å². The first kappa shape index (κ1) is 16.0. The van der Waals surface area contributed by atoms with Crippen molar-refractivity contribution in [3.63, 3.8) is 0 Å². The zero-order valence-electron chi connectivity index (χ0n) is 13.8. The van der Waals surface area contributed by atoms with E-state index < -0.39 is 0 Å². The third kappa shape index (κ3) is 3.34. The van der Waals surface area contributed by atoms with Crippen LogP contribution in [0.1, 0.15) is 58.7 Å². The van der Waals surface area contributed by atoms with Gasteiger partial charge in [-0.25, -0.2) is 0 Å². The van der Waals surface area contributed by atoms with E-state index in [1.165, 1.54) is 0 Å². The maximum atomic E-state index is 12.3. The Morgan fingerprint density at radius 1 is 1.36 bits per heavy atom. The molecule has 8 heteroatoms. The maximum absolute atomic E-state index is 12.3. The number of nitrogens with one attached hydrogen (secondary N) is 2. The standard InChI is InChI=1S/C17H20N4O4/c22-15(11-9-10-3-1-4-12(10)19-16(11)23)18-7-6-14-20-17(25-21-14)13-5-2-8-24-13/h9,13H,1-8H2,(H,18,22)(H,19,23). The van der Waals surface area contributed by atoms with Crippen molar-refractivity contribution in [2.75, 3.05) is 13.2 Å². The quantitative estimate of drug-likeness (QED) is 0.839. The number of carbonyl (C=O) groups excluding carboxylic acids is 1. The van der Waals surface area contributed by atoms with E-state index in [1.807, 2.05) is 0 Å². The van der Waals surface area contributed by atoms with Crippen LogP contribution in [0.15, 0.2) is 15.4 Å². The molecule has 1 atom stereocenters. The summed E-state index contributed by atoms with van der Waals surface area (Å²) in [5, 5.41) is 6.66. The number of ether oxygens (including phenoxy) is 1. The van der Waals surface area contributed by atoms with E-state index in [9.17, 15) is 9.59 Å². The summed E-state index contributed by atoms with van der Waals surface area (Å²) in [6, 6.07) is 1.71. The fraction of sp³-hybridized carbons (Fsp3) is 0.529. The lowest BCUT2D eigenvalue weighted by Gasteiger charge is -2.05. The number of amides is 1. The second-order valence-corrected chi connectivity index (χ2v) is 6.43. The lowest BCUT2D eigenvalue weighted by Crippen LogP contribution is -2.31.